The molecule has 2 aliphatic heterocycles. The molecule has 30 heavy (non-hydrogen) atoms. The number of carbonyl (C=O) groups excluding carboxylic acids is 1. The third-order valence-electron chi connectivity index (χ3n) is 6.67. The Hall–Kier alpha value is -2.33. The Kier molecular flexibility index (Phi) is 7.54. The highest BCUT2D eigenvalue weighted by Gasteiger charge is 2.31. The number of hydrogen-bond acceptors (Lipinski definition) is 5. The maximum Gasteiger partial charge on any atom is 0.315 e. The minimum atomic E-state index is -0.0675. The molecular formula is C23H36N6O. The second-order valence-corrected chi connectivity index (χ2v) is 9.28. The number of hydrogen-bond donors (Lipinski definition) is 2. The molecule has 2 aliphatic rings. The van der Waals surface area contributed by atoms with E-state index < -0.39 is 0 Å². The van der Waals surface area contributed by atoms with Crippen molar-refractivity contribution in [2.45, 2.75) is 64.5 Å². The number of pyridine rings is 1. The van der Waals surface area contributed by atoms with Crippen LogP contribution in [0.3, 0.4) is 0 Å². The molecule has 2 N–H and O–H groups in total. The number of nitrogens with zero attached hydrogens (tertiary/aromatic N) is 4. The first-order valence-electron chi connectivity index (χ1n) is 11.3. The van der Waals surface area contributed by atoms with Crippen molar-refractivity contribution >= 4 is 11.8 Å². The molecule has 0 aliphatic carbocycles. The Morgan fingerprint density at radius 2 is 2.03 bits per heavy atom. The average Bonchev–Trinajstić information content (AvgIpc) is 2.78. The lowest BCUT2D eigenvalue weighted by Gasteiger charge is -2.43. The van der Waals surface area contributed by atoms with Crippen molar-refractivity contribution in [3.63, 3.8) is 0 Å². The molecule has 0 spiro atoms. The maximum absolute atomic E-state index is 12.5. The number of carbonyl (C=O) groups is 1. The second kappa shape index (κ2) is 10.1. The van der Waals surface area contributed by atoms with Gasteiger partial charge in [0.05, 0.1) is 5.56 Å². The Balaban J connectivity index is 1.40. The topological polar surface area (TPSA) is 84.3 Å². The van der Waals surface area contributed by atoms with E-state index in [1.54, 1.807) is 12.3 Å². The van der Waals surface area contributed by atoms with Crippen molar-refractivity contribution in [1.29, 1.82) is 5.26 Å². The van der Waals surface area contributed by atoms with Gasteiger partial charge in [0.15, 0.2) is 0 Å². The number of nitriles is 1. The van der Waals surface area contributed by atoms with Gasteiger partial charge >= 0.3 is 6.03 Å². The van der Waals surface area contributed by atoms with E-state index in [0.717, 1.165) is 50.8 Å². The number of anilines is 1. The van der Waals surface area contributed by atoms with Crippen LogP contribution in [0.15, 0.2) is 18.3 Å². The molecule has 7 heteroatoms. The van der Waals surface area contributed by atoms with Crippen LogP contribution in [0.25, 0.3) is 0 Å². The fourth-order valence-electron chi connectivity index (χ4n) is 4.49. The van der Waals surface area contributed by atoms with Gasteiger partial charge < -0.3 is 15.5 Å². The Bertz CT molecular complexity index is 733. The summed E-state index contributed by atoms with van der Waals surface area (Å²) in [7, 11) is 0. The van der Waals surface area contributed by atoms with Gasteiger partial charge in [-0.15, -0.1) is 0 Å². The molecule has 1 aromatic rings. The van der Waals surface area contributed by atoms with Crippen LogP contribution >= 0.6 is 0 Å². The van der Waals surface area contributed by atoms with Crippen LogP contribution in [-0.4, -0.2) is 60.2 Å². The van der Waals surface area contributed by atoms with Crippen LogP contribution in [0.1, 0.15) is 58.4 Å². The van der Waals surface area contributed by atoms with Gasteiger partial charge in [-0.3, -0.25) is 4.90 Å². The van der Waals surface area contributed by atoms with E-state index in [-0.39, 0.29) is 17.6 Å². The molecule has 1 aromatic heterocycles. The standard InChI is InChI=1S/C23H36N6O/c1-4-18-6-5-11-29(16-18)23(2,3)17-26-22(30)27-20-9-12-28(13-10-20)21-8-7-19(14-24)15-25-21/h7-8,15,18,20H,4-6,9-13,16-17H2,1-3H3,(H2,26,27,30). The van der Waals surface area contributed by atoms with Gasteiger partial charge in [0.2, 0.25) is 0 Å². The van der Waals surface area contributed by atoms with Gasteiger partial charge in [0.1, 0.15) is 11.9 Å². The van der Waals surface area contributed by atoms with Gasteiger partial charge in [-0.2, -0.15) is 5.26 Å². The van der Waals surface area contributed by atoms with Gasteiger partial charge in [0, 0.05) is 44.0 Å². The highest BCUT2D eigenvalue weighted by Crippen LogP contribution is 2.25. The van der Waals surface area contributed by atoms with Crippen molar-refractivity contribution in [3.05, 3.63) is 23.9 Å². The quantitative estimate of drug-likeness (QED) is 0.750. The molecule has 2 saturated heterocycles. The van der Waals surface area contributed by atoms with Crippen molar-refractivity contribution in [3.8, 4) is 6.07 Å². The zero-order chi connectivity index (χ0) is 21.6. The lowest BCUT2D eigenvalue weighted by atomic mass is 9.91. The van der Waals surface area contributed by atoms with Gasteiger partial charge in [-0.1, -0.05) is 13.3 Å². The van der Waals surface area contributed by atoms with Crippen molar-refractivity contribution < 1.29 is 4.79 Å². The van der Waals surface area contributed by atoms with E-state index in [9.17, 15) is 4.79 Å². The summed E-state index contributed by atoms with van der Waals surface area (Å²) in [4.78, 5) is 21.6. The third kappa shape index (κ3) is 5.85. The zero-order valence-electron chi connectivity index (χ0n) is 18.7. The number of rotatable bonds is 6. The van der Waals surface area contributed by atoms with Crippen LogP contribution in [-0.2, 0) is 0 Å². The minimum absolute atomic E-state index is 0.0319. The Morgan fingerprint density at radius 1 is 1.27 bits per heavy atom. The van der Waals surface area contributed by atoms with Crippen LogP contribution < -0.4 is 15.5 Å². The Labute approximate surface area is 180 Å². The van der Waals surface area contributed by atoms with Gasteiger partial charge in [-0.25, -0.2) is 9.78 Å². The lowest BCUT2D eigenvalue weighted by molar-refractivity contribution is 0.0664. The summed E-state index contributed by atoms with van der Waals surface area (Å²) in [6.45, 7) is 11.3. The molecule has 0 bridgehead atoms. The monoisotopic (exact) mass is 412 g/mol. The van der Waals surface area contributed by atoms with Crippen molar-refractivity contribution in [2.75, 3.05) is 37.6 Å². The number of urea groups is 1. The highest BCUT2D eigenvalue weighted by atomic mass is 16.2. The smallest absolute Gasteiger partial charge is 0.315 e. The molecule has 1 unspecified atom stereocenters. The number of piperidine rings is 2. The Morgan fingerprint density at radius 3 is 2.67 bits per heavy atom. The summed E-state index contributed by atoms with van der Waals surface area (Å²) in [5, 5.41) is 15.1. The molecule has 2 amide bonds. The van der Waals surface area contributed by atoms with Crippen molar-refractivity contribution in [2.24, 2.45) is 5.92 Å². The summed E-state index contributed by atoms with van der Waals surface area (Å²) in [5.74, 6) is 1.67. The predicted octanol–water partition coefficient (Wildman–Crippen LogP) is 3.12. The van der Waals surface area contributed by atoms with E-state index >= 15 is 0 Å². The number of nitrogens with one attached hydrogen (secondary N) is 2. The molecule has 1 atom stereocenters. The van der Waals surface area contributed by atoms with Crippen LogP contribution in [0.4, 0.5) is 10.6 Å². The maximum atomic E-state index is 12.5. The zero-order valence-corrected chi connectivity index (χ0v) is 18.7. The third-order valence-corrected chi connectivity index (χ3v) is 6.67. The second-order valence-electron chi connectivity index (χ2n) is 9.28. The first-order chi connectivity index (χ1) is 14.4. The first-order valence-corrected chi connectivity index (χ1v) is 11.3. The normalized spacial score (nSPS) is 21.1. The largest absolute Gasteiger partial charge is 0.356 e. The summed E-state index contributed by atoms with van der Waals surface area (Å²) < 4.78 is 0. The molecule has 0 radical (unpaired) electrons. The summed E-state index contributed by atoms with van der Waals surface area (Å²) in [6, 6.07) is 5.90. The molecule has 2 fully saturated rings. The molecule has 0 aromatic carbocycles. The number of amides is 2. The summed E-state index contributed by atoms with van der Waals surface area (Å²) in [6.07, 6.45) is 7.21. The first kappa shape index (κ1) is 22.4. The predicted molar refractivity (Wildman–Crippen MR) is 119 cm³/mol. The molecule has 3 heterocycles. The van der Waals surface area contributed by atoms with Crippen LogP contribution in [0, 0.1) is 17.2 Å². The number of likely N-dealkylation sites (tertiary alicyclic amines) is 1. The van der Waals surface area contributed by atoms with E-state index in [1.165, 1.54) is 19.3 Å². The van der Waals surface area contributed by atoms with Crippen molar-refractivity contribution in [1.82, 2.24) is 20.5 Å². The van der Waals surface area contributed by atoms with Crippen LogP contribution in [0.2, 0.25) is 0 Å². The van der Waals surface area contributed by atoms with Gasteiger partial charge in [0.25, 0.3) is 0 Å². The van der Waals surface area contributed by atoms with E-state index in [2.05, 4.69) is 52.3 Å². The van der Waals surface area contributed by atoms with E-state index in [4.69, 9.17) is 5.26 Å². The summed E-state index contributed by atoms with van der Waals surface area (Å²) in [5.41, 5.74) is 0.542. The molecular weight excluding hydrogens is 376 g/mol. The number of aromatic nitrogens is 1. The SMILES string of the molecule is CCC1CCCN(C(C)(C)CNC(=O)NC2CCN(c3ccc(C#N)cn3)CC2)C1. The minimum Gasteiger partial charge on any atom is -0.356 e. The molecule has 3 rings (SSSR count). The lowest BCUT2D eigenvalue weighted by Crippen LogP contribution is -2.57. The molecule has 7 nitrogen and oxygen atoms in total. The fraction of sp³-hybridized carbons (Fsp3) is 0.696. The van der Waals surface area contributed by atoms with Gasteiger partial charge in [-0.05, 0) is 64.1 Å². The average molecular weight is 413 g/mol. The summed E-state index contributed by atoms with van der Waals surface area (Å²) >= 11 is 0. The fourth-order valence-corrected chi connectivity index (χ4v) is 4.49. The molecule has 0 saturated carbocycles. The molecule has 164 valence electrons. The van der Waals surface area contributed by atoms with E-state index in [0.29, 0.717) is 12.1 Å². The van der Waals surface area contributed by atoms with E-state index in [1.807, 2.05) is 6.07 Å². The van der Waals surface area contributed by atoms with Crippen LogP contribution in [0.5, 0.6) is 0 Å². The highest BCUT2D eigenvalue weighted by molar-refractivity contribution is 5.74.